The average Bonchev–Trinajstić information content (AvgIpc) is 4.04. The molecule has 0 saturated carbocycles. The zero-order valence-electron chi connectivity index (χ0n) is 33.4. The summed E-state index contributed by atoms with van der Waals surface area (Å²) in [7, 11) is 0. The molecule has 2 aliphatic heterocycles. The van der Waals surface area contributed by atoms with Gasteiger partial charge < -0.3 is 45.8 Å². The highest BCUT2D eigenvalue weighted by Crippen LogP contribution is 2.35. The van der Waals surface area contributed by atoms with E-state index in [4.69, 9.17) is 0 Å². The third kappa shape index (κ3) is 8.61. The number of carboxylic acid groups (broad SMARTS) is 2. The molecule has 6 amide bonds. The number of hydrogen-bond donors (Lipinski definition) is 6. The van der Waals surface area contributed by atoms with Gasteiger partial charge in [-0.25, -0.2) is 9.59 Å². The topological polar surface area (TPSA) is 215 Å². The first kappa shape index (κ1) is 41.0. The molecule has 8 rings (SSSR count). The predicted molar refractivity (Wildman–Crippen MR) is 230 cm³/mol. The molecular weight excluding hydrogens is 793 g/mol. The lowest BCUT2D eigenvalue weighted by Crippen LogP contribution is -2.48. The molecule has 2 fully saturated rings. The lowest BCUT2D eigenvalue weighted by atomic mass is 10.0. The molecule has 16 heteroatoms. The van der Waals surface area contributed by atoms with Crippen molar-refractivity contribution in [2.45, 2.75) is 56.4 Å². The second-order valence-corrected chi connectivity index (χ2v) is 15.4. The van der Waals surface area contributed by atoms with Crippen molar-refractivity contribution in [3.8, 4) is 0 Å². The Kier molecular flexibility index (Phi) is 11.8. The smallest absolute Gasteiger partial charge is 0.405 e. The first-order chi connectivity index (χ1) is 30.0. The van der Waals surface area contributed by atoms with Crippen molar-refractivity contribution in [2.75, 3.05) is 23.7 Å². The zero-order chi connectivity index (χ0) is 43.3. The molecule has 2 saturated heterocycles. The van der Waals surface area contributed by atoms with Crippen LogP contribution in [0.5, 0.6) is 0 Å². The number of rotatable bonds is 12. The van der Waals surface area contributed by atoms with Gasteiger partial charge in [0.2, 0.25) is 11.8 Å². The molecule has 2 unspecified atom stereocenters. The zero-order valence-corrected chi connectivity index (χ0v) is 33.4. The van der Waals surface area contributed by atoms with Crippen LogP contribution in [0.3, 0.4) is 0 Å². The minimum atomic E-state index is -1.35. The molecule has 0 spiro atoms. The highest BCUT2D eigenvalue weighted by molar-refractivity contribution is 6.11. The number of benzene rings is 4. The number of aromatic nitrogens is 2. The predicted octanol–water partition coefficient (Wildman–Crippen LogP) is 6.11. The first-order valence-corrected chi connectivity index (χ1v) is 20.3. The summed E-state index contributed by atoms with van der Waals surface area (Å²) in [6.07, 6.45) is 2.69. The van der Waals surface area contributed by atoms with E-state index in [-0.39, 0.29) is 0 Å². The molecule has 2 aromatic heterocycles. The second kappa shape index (κ2) is 17.8. The van der Waals surface area contributed by atoms with Gasteiger partial charge in [-0.15, -0.1) is 0 Å². The van der Waals surface area contributed by atoms with Crippen LogP contribution in [-0.2, 0) is 25.7 Å². The van der Waals surface area contributed by atoms with Crippen molar-refractivity contribution >= 4 is 69.0 Å². The Balaban J connectivity index is 1.06. The first-order valence-electron chi connectivity index (χ1n) is 20.3. The number of amides is 6. The normalized spacial score (nSPS) is 17.0. The number of anilines is 2. The summed E-state index contributed by atoms with van der Waals surface area (Å²) in [6.45, 7) is 0.988. The van der Waals surface area contributed by atoms with Gasteiger partial charge in [-0.1, -0.05) is 78.9 Å². The highest BCUT2D eigenvalue weighted by atomic mass is 16.4. The van der Waals surface area contributed by atoms with Gasteiger partial charge in [-0.2, -0.15) is 0 Å². The molecule has 62 heavy (non-hydrogen) atoms. The van der Waals surface area contributed by atoms with Crippen LogP contribution in [0.2, 0.25) is 0 Å². The summed E-state index contributed by atoms with van der Waals surface area (Å²) in [4.78, 5) is 86.1. The lowest BCUT2D eigenvalue weighted by molar-refractivity contribution is -0.138. The SMILES string of the molecule is O=C(O)NC(C(=O)N1CCC[C@H]1C(=O)Nc1ccc2c3ccc(NC(=O)[C@@H]4CCCN4C(=O)C(NC(=O)O)c4ccccc4)cc3n(Cc3cccnc3)c2c1)c1ccccc1. The third-order valence-electron chi connectivity index (χ3n) is 11.4. The maximum atomic E-state index is 13.9. The van der Waals surface area contributed by atoms with E-state index in [0.29, 0.717) is 67.8 Å². The fraction of sp³-hybridized carbons (Fsp3) is 0.239. The number of carbonyl (C=O) groups is 6. The number of nitrogens with one attached hydrogen (secondary N) is 4. The van der Waals surface area contributed by atoms with E-state index in [9.17, 15) is 39.0 Å². The van der Waals surface area contributed by atoms with Crippen LogP contribution in [0.1, 0.15) is 54.5 Å². The Bertz CT molecular complexity index is 2500. The van der Waals surface area contributed by atoms with Crippen LogP contribution in [0, 0.1) is 0 Å². The van der Waals surface area contributed by atoms with Gasteiger partial charge in [0.1, 0.15) is 24.2 Å². The average molecular weight is 837 g/mol. The number of pyridine rings is 1. The van der Waals surface area contributed by atoms with Gasteiger partial charge in [-0.3, -0.25) is 24.2 Å². The van der Waals surface area contributed by atoms with Crippen LogP contribution in [-0.4, -0.2) is 90.6 Å². The van der Waals surface area contributed by atoms with Crippen molar-refractivity contribution < 1.29 is 39.0 Å². The fourth-order valence-electron chi connectivity index (χ4n) is 8.60. The summed E-state index contributed by atoms with van der Waals surface area (Å²) < 4.78 is 2.06. The molecule has 0 radical (unpaired) electrons. The molecule has 2 aliphatic rings. The standard InChI is InChI=1S/C46H44N8O8/c55-41(35-15-8-22-52(35)43(57)39(50-45(59)60)29-11-3-1-4-12-29)48-31-17-19-33-34-20-18-32(25-38(34)54(37(33)24-31)27-28-10-7-21-47-26-28)49-42(56)36-16-9-23-53(36)44(58)40(51-46(61)62)30-13-5-2-6-14-30/h1-7,10-14,17-21,24-26,35-36,39-40,50-51H,8-9,15-16,22-23,27H2,(H,48,55)(H,49,56)(H,59,60)(H,61,62)/t35-,36-,39?,40?/m0/s1. The van der Waals surface area contributed by atoms with E-state index in [1.807, 2.05) is 36.4 Å². The van der Waals surface area contributed by atoms with Crippen LogP contribution >= 0.6 is 0 Å². The van der Waals surface area contributed by atoms with Crippen molar-refractivity contribution in [3.05, 3.63) is 138 Å². The maximum absolute atomic E-state index is 13.9. The number of hydrogen-bond acceptors (Lipinski definition) is 7. The molecule has 6 N–H and O–H groups in total. The highest BCUT2D eigenvalue weighted by Gasteiger charge is 2.40. The van der Waals surface area contributed by atoms with Crippen LogP contribution < -0.4 is 21.3 Å². The molecule has 316 valence electrons. The minimum Gasteiger partial charge on any atom is -0.465 e. The van der Waals surface area contributed by atoms with Crippen molar-refractivity contribution in [1.29, 1.82) is 0 Å². The van der Waals surface area contributed by atoms with Crippen molar-refractivity contribution in [1.82, 2.24) is 30.0 Å². The molecule has 0 aliphatic carbocycles. The summed E-state index contributed by atoms with van der Waals surface area (Å²) in [5, 5.41) is 31.5. The minimum absolute atomic E-state index is 0.296. The van der Waals surface area contributed by atoms with Gasteiger partial charge in [0.25, 0.3) is 11.8 Å². The Hall–Kier alpha value is -7.75. The van der Waals surface area contributed by atoms with Crippen molar-refractivity contribution in [2.24, 2.45) is 0 Å². The Morgan fingerprint density at radius 3 is 1.50 bits per heavy atom. The number of nitrogens with zero attached hydrogens (tertiary/aromatic N) is 4. The Morgan fingerprint density at radius 1 is 0.613 bits per heavy atom. The number of likely N-dealkylation sites (tertiary alicyclic amines) is 2. The molecule has 4 atom stereocenters. The van der Waals surface area contributed by atoms with Crippen LogP contribution in [0.15, 0.2) is 122 Å². The van der Waals surface area contributed by atoms with Gasteiger partial charge >= 0.3 is 12.2 Å². The summed E-state index contributed by atoms with van der Waals surface area (Å²) in [6, 6.07) is 28.0. The third-order valence-corrected chi connectivity index (χ3v) is 11.4. The fourth-order valence-corrected chi connectivity index (χ4v) is 8.60. The number of carbonyl (C=O) groups excluding carboxylic acids is 4. The molecule has 16 nitrogen and oxygen atoms in total. The molecule has 0 bridgehead atoms. The Morgan fingerprint density at radius 2 is 1.08 bits per heavy atom. The molecule has 4 heterocycles. The van der Waals surface area contributed by atoms with Gasteiger partial charge in [0.05, 0.1) is 11.0 Å². The summed E-state index contributed by atoms with van der Waals surface area (Å²) in [5.74, 6) is -1.81. The Labute approximate surface area is 355 Å². The van der Waals surface area contributed by atoms with E-state index < -0.39 is 60.0 Å². The van der Waals surface area contributed by atoms with Gasteiger partial charge in [-0.05, 0) is 72.7 Å². The quantitative estimate of drug-likeness (QED) is 0.0837. The largest absolute Gasteiger partial charge is 0.465 e. The van der Waals surface area contributed by atoms with E-state index in [0.717, 1.165) is 27.4 Å². The molecule has 6 aromatic rings. The summed E-state index contributed by atoms with van der Waals surface area (Å²) >= 11 is 0. The van der Waals surface area contributed by atoms with E-state index in [2.05, 4.69) is 30.8 Å². The van der Waals surface area contributed by atoms with E-state index in [1.54, 1.807) is 85.2 Å². The monoisotopic (exact) mass is 836 g/mol. The molecular formula is C46H44N8O8. The van der Waals surface area contributed by atoms with Crippen molar-refractivity contribution in [3.63, 3.8) is 0 Å². The van der Waals surface area contributed by atoms with Gasteiger partial charge in [0.15, 0.2) is 0 Å². The summed E-state index contributed by atoms with van der Waals surface area (Å²) in [5.41, 5.74) is 4.39. The van der Waals surface area contributed by atoms with Crippen LogP contribution in [0.25, 0.3) is 21.8 Å². The van der Waals surface area contributed by atoms with Crippen LogP contribution in [0.4, 0.5) is 21.0 Å². The van der Waals surface area contributed by atoms with E-state index >= 15 is 0 Å². The number of fused-ring (bicyclic) bond motifs is 3. The lowest BCUT2D eigenvalue weighted by Gasteiger charge is -2.28. The van der Waals surface area contributed by atoms with Gasteiger partial charge in [0, 0.05) is 54.2 Å². The maximum Gasteiger partial charge on any atom is 0.405 e. The molecule has 4 aromatic carbocycles. The second-order valence-electron chi connectivity index (χ2n) is 15.4. The van der Waals surface area contributed by atoms with E-state index in [1.165, 1.54) is 9.80 Å².